The highest BCUT2D eigenvalue weighted by Gasteiger charge is 2.34. The average molecular weight is 259 g/mol. The molecule has 1 aromatic carbocycles. The minimum absolute atomic E-state index is 0.206. The van der Waals surface area contributed by atoms with Crippen molar-refractivity contribution in [1.82, 2.24) is 15.3 Å². The van der Waals surface area contributed by atoms with E-state index >= 15 is 0 Å². The van der Waals surface area contributed by atoms with E-state index in [4.69, 9.17) is 12.2 Å². The molecular weight excluding hydrogens is 242 g/mol. The molecule has 2 aliphatic heterocycles. The Morgan fingerprint density at radius 2 is 1.94 bits per heavy atom. The van der Waals surface area contributed by atoms with Crippen molar-refractivity contribution in [3.8, 4) is 0 Å². The van der Waals surface area contributed by atoms with Gasteiger partial charge in [0.05, 0.1) is 0 Å². The molecule has 0 aliphatic carbocycles. The summed E-state index contributed by atoms with van der Waals surface area (Å²) < 4.78 is 0. The lowest BCUT2D eigenvalue weighted by Gasteiger charge is -2.34. The predicted molar refractivity (Wildman–Crippen MR) is 77.6 cm³/mol. The molecule has 94 valence electrons. The fourth-order valence-corrected chi connectivity index (χ4v) is 2.80. The van der Waals surface area contributed by atoms with E-state index in [0.717, 1.165) is 18.2 Å². The van der Waals surface area contributed by atoms with Crippen LogP contribution in [0.4, 0.5) is 0 Å². The Kier molecular flexibility index (Phi) is 3.30. The first-order valence-electron chi connectivity index (χ1n) is 6.42. The standard InChI is InChI=1S/C14H17N3S/c18-14-15-13(16-10-4-5-11-17(14)16)9-8-12-6-2-1-3-7-12/h1-3,6-9,13H,4-5,10-11H2,(H,15,18)/b9-8+. The van der Waals surface area contributed by atoms with Gasteiger partial charge in [-0.2, -0.15) is 5.01 Å². The van der Waals surface area contributed by atoms with E-state index in [1.54, 1.807) is 0 Å². The molecule has 2 fully saturated rings. The Hall–Kier alpha value is -1.39. The highest BCUT2D eigenvalue weighted by atomic mass is 32.1. The quantitative estimate of drug-likeness (QED) is 0.821. The van der Waals surface area contributed by atoms with Crippen LogP contribution in [0, 0.1) is 0 Å². The summed E-state index contributed by atoms with van der Waals surface area (Å²) in [6, 6.07) is 10.4. The summed E-state index contributed by atoms with van der Waals surface area (Å²) in [6.07, 6.45) is 7.02. The third kappa shape index (κ3) is 2.26. The molecule has 2 aliphatic rings. The molecule has 0 bridgehead atoms. The molecule has 2 saturated heterocycles. The minimum atomic E-state index is 0.206. The lowest BCUT2D eigenvalue weighted by atomic mass is 10.2. The van der Waals surface area contributed by atoms with E-state index in [1.165, 1.54) is 18.4 Å². The maximum absolute atomic E-state index is 5.36. The Balaban J connectivity index is 1.73. The van der Waals surface area contributed by atoms with Crippen LogP contribution >= 0.6 is 12.2 Å². The van der Waals surface area contributed by atoms with Gasteiger partial charge in [0.1, 0.15) is 6.17 Å². The Morgan fingerprint density at radius 1 is 1.17 bits per heavy atom. The van der Waals surface area contributed by atoms with E-state index in [0.29, 0.717) is 0 Å². The van der Waals surface area contributed by atoms with E-state index in [9.17, 15) is 0 Å². The lowest BCUT2D eigenvalue weighted by molar-refractivity contribution is 0.0204. The fraction of sp³-hybridized carbons (Fsp3) is 0.357. The van der Waals surface area contributed by atoms with Gasteiger partial charge in [0.15, 0.2) is 5.11 Å². The predicted octanol–water partition coefficient (Wildman–Crippen LogP) is 2.23. The van der Waals surface area contributed by atoms with Gasteiger partial charge in [-0.15, -0.1) is 0 Å². The molecular formula is C14H17N3S. The lowest BCUT2D eigenvalue weighted by Crippen LogP contribution is -2.46. The van der Waals surface area contributed by atoms with Gasteiger partial charge in [0, 0.05) is 13.1 Å². The van der Waals surface area contributed by atoms with Crippen LogP contribution in [0.5, 0.6) is 0 Å². The second-order valence-electron chi connectivity index (χ2n) is 4.66. The largest absolute Gasteiger partial charge is 0.341 e. The van der Waals surface area contributed by atoms with Crippen molar-refractivity contribution >= 4 is 23.4 Å². The highest BCUT2D eigenvalue weighted by molar-refractivity contribution is 7.80. The van der Waals surface area contributed by atoms with Crippen LogP contribution in [0.15, 0.2) is 36.4 Å². The number of rotatable bonds is 2. The second kappa shape index (κ2) is 5.08. The molecule has 0 aromatic heterocycles. The third-order valence-electron chi connectivity index (χ3n) is 3.41. The zero-order valence-electron chi connectivity index (χ0n) is 10.2. The first-order valence-corrected chi connectivity index (χ1v) is 6.83. The molecule has 3 rings (SSSR count). The van der Waals surface area contributed by atoms with Crippen LogP contribution in [0.3, 0.4) is 0 Å². The maximum Gasteiger partial charge on any atom is 0.185 e. The van der Waals surface area contributed by atoms with E-state index in [-0.39, 0.29) is 6.17 Å². The van der Waals surface area contributed by atoms with Gasteiger partial charge in [0.2, 0.25) is 0 Å². The number of hydrazine groups is 1. The number of hydrogen-bond donors (Lipinski definition) is 1. The number of thiocarbonyl (C=S) groups is 1. The second-order valence-corrected chi connectivity index (χ2v) is 5.04. The van der Waals surface area contributed by atoms with E-state index < -0.39 is 0 Å². The van der Waals surface area contributed by atoms with Gasteiger partial charge in [0.25, 0.3) is 0 Å². The van der Waals surface area contributed by atoms with Gasteiger partial charge < -0.3 is 5.32 Å². The van der Waals surface area contributed by atoms with Crippen molar-refractivity contribution in [2.45, 2.75) is 19.0 Å². The number of nitrogens with one attached hydrogen (secondary N) is 1. The van der Waals surface area contributed by atoms with Gasteiger partial charge >= 0.3 is 0 Å². The first kappa shape index (κ1) is 11.7. The topological polar surface area (TPSA) is 18.5 Å². The molecule has 1 N–H and O–H groups in total. The smallest absolute Gasteiger partial charge is 0.185 e. The molecule has 0 saturated carbocycles. The molecule has 1 atom stereocenters. The van der Waals surface area contributed by atoms with Crippen LogP contribution in [-0.2, 0) is 0 Å². The number of hydrogen-bond acceptors (Lipinski definition) is 2. The van der Waals surface area contributed by atoms with E-state index in [2.05, 4.69) is 51.8 Å². The van der Waals surface area contributed by atoms with Gasteiger partial charge in [-0.25, -0.2) is 0 Å². The van der Waals surface area contributed by atoms with Crippen LogP contribution < -0.4 is 5.32 Å². The Bertz CT molecular complexity index is 457. The van der Waals surface area contributed by atoms with Crippen LogP contribution in [0.25, 0.3) is 6.08 Å². The number of benzene rings is 1. The molecule has 1 unspecified atom stereocenters. The molecule has 2 heterocycles. The summed E-state index contributed by atoms with van der Waals surface area (Å²) in [4.78, 5) is 0. The SMILES string of the molecule is S=C1NC(/C=C/c2ccccc2)N2CCCCN12. The summed E-state index contributed by atoms with van der Waals surface area (Å²) in [5.41, 5.74) is 1.22. The monoisotopic (exact) mass is 259 g/mol. The van der Waals surface area contributed by atoms with Crippen molar-refractivity contribution in [3.05, 3.63) is 42.0 Å². The molecule has 4 heteroatoms. The van der Waals surface area contributed by atoms with Crippen molar-refractivity contribution in [2.75, 3.05) is 13.1 Å². The third-order valence-corrected chi connectivity index (χ3v) is 3.74. The summed E-state index contributed by atoms with van der Waals surface area (Å²) in [7, 11) is 0. The van der Waals surface area contributed by atoms with E-state index in [1.807, 2.05) is 6.07 Å². The minimum Gasteiger partial charge on any atom is -0.341 e. The molecule has 0 spiro atoms. The molecule has 0 amide bonds. The first-order chi connectivity index (χ1) is 8.84. The average Bonchev–Trinajstić information content (AvgIpc) is 2.75. The number of nitrogens with zero attached hydrogens (tertiary/aromatic N) is 2. The fourth-order valence-electron chi connectivity index (χ4n) is 2.48. The summed E-state index contributed by atoms with van der Waals surface area (Å²) in [5, 5.41) is 8.74. The van der Waals surface area contributed by atoms with Crippen molar-refractivity contribution < 1.29 is 0 Å². The zero-order chi connectivity index (χ0) is 12.4. The molecule has 1 aromatic rings. The number of fused-ring (bicyclic) bond motifs is 1. The Labute approximate surface area is 113 Å². The molecule has 18 heavy (non-hydrogen) atoms. The maximum atomic E-state index is 5.36. The van der Waals surface area contributed by atoms with Crippen molar-refractivity contribution in [1.29, 1.82) is 0 Å². The van der Waals surface area contributed by atoms with Crippen LogP contribution in [0.2, 0.25) is 0 Å². The van der Waals surface area contributed by atoms with Gasteiger partial charge in [-0.3, -0.25) is 5.01 Å². The highest BCUT2D eigenvalue weighted by Crippen LogP contribution is 2.20. The molecule has 0 radical (unpaired) electrons. The summed E-state index contributed by atoms with van der Waals surface area (Å²) in [5.74, 6) is 0. The van der Waals surface area contributed by atoms with Crippen molar-refractivity contribution in [3.63, 3.8) is 0 Å². The zero-order valence-corrected chi connectivity index (χ0v) is 11.1. The summed E-state index contributed by atoms with van der Waals surface area (Å²) in [6.45, 7) is 2.12. The van der Waals surface area contributed by atoms with Gasteiger partial charge in [-0.1, -0.05) is 36.4 Å². The normalized spacial score (nSPS) is 24.3. The van der Waals surface area contributed by atoms with Crippen LogP contribution in [-0.4, -0.2) is 34.4 Å². The van der Waals surface area contributed by atoms with Gasteiger partial charge in [-0.05, 0) is 36.7 Å². The summed E-state index contributed by atoms with van der Waals surface area (Å²) >= 11 is 5.36. The molecule has 3 nitrogen and oxygen atoms in total. The Morgan fingerprint density at radius 3 is 2.78 bits per heavy atom. The van der Waals surface area contributed by atoms with Crippen molar-refractivity contribution in [2.24, 2.45) is 0 Å². The van der Waals surface area contributed by atoms with Crippen LogP contribution in [0.1, 0.15) is 18.4 Å².